The van der Waals surface area contributed by atoms with Crippen molar-refractivity contribution in [2.24, 2.45) is 5.92 Å². The number of carbonyl (C=O) groups is 1. The molecule has 0 saturated carbocycles. The van der Waals surface area contributed by atoms with Crippen LogP contribution in [0, 0.1) is 12.8 Å². The Labute approximate surface area is 191 Å². The molecule has 0 atom stereocenters. The molecule has 4 rings (SSSR count). The number of amides is 1. The Morgan fingerprint density at radius 3 is 2.62 bits per heavy atom. The van der Waals surface area contributed by atoms with Gasteiger partial charge >= 0.3 is 0 Å². The number of aryl methyl sites for hydroxylation is 1. The lowest BCUT2D eigenvalue weighted by Crippen LogP contribution is -2.44. The highest BCUT2D eigenvalue weighted by atomic mass is 32.2. The molecule has 0 aliphatic carbocycles. The molecule has 0 radical (unpaired) electrons. The SMILES string of the molecule is COc1ccc(C)c2sc(N(Cc3ccccn3)C(=O)C3CCN(S(C)(=O)=O)CC3)nc12. The van der Waals surface area contributed by atoms with Crippen molar-refractivity contribution in [3.05, 3.63) is 47.8 Å². The summed E-state index contributed by atoms with van der Waals surface area (Å²) >= 11 is 1.46. The number of anilines is 1. The summed E-state index contributed by atoms with van der Waals surface area (Å²) in [6, 6.07) is 9.47. The van der Waals surface area contributed by atoms with E-state index in [1.807, 2.05) is 37.3 Å². The Morgan fingerprint density at radius 1 is 1.25 bits per heavy atom. The highest BCUT2D eigenvalue weighted by molar-refractivity contribution is 7.88. The summed E-state index contributed by atoms with van der Waals surface area (Å²) in [6.07, 6.45) is 3.88. The number of thiazole rings is 1. The fourth-order valence-corrected chi connectivity index (χ4v) is 5.86. The maximum Gasteiger partial charge on any atom is 0.232 e. The summed E-state index contributed by atoms with van der Waals surface area (Å²) in [6.45, 7) is 3.00. The number of aromatic nitrogens is 2. The summed E-state index contributed by atoms with van der Waals surface area (Å²) in [5, 5.41) is 0.591. The molecule has 1 aliphatic rings. The van der Waals surface area contributed by atoms with E-state index < -0.39 is 10.0 Å². The van der Waals surface area contributed by atoms with Gasteiger partial charge in [0.25, 0.3) is 0 Å². The van der Waals surface area contributed by atoms with Crippen LogP contribution in [0.5, 0.6) is 5.75 Å². The zero-order valence-electron chi connectivity index (χ0n) is 18.3. The number of piperidine rings is 1. The molecule has 1 aromatic carbocycles. The van der Waals surface area contributed by atoms with E-state index in [9.17, 15) is 13.2 Å². The lowest BCUT2D eigenvalue weighted by atomic mass is 9.96. The standard InChI is InChI=1S/C22H26N4O4S2/c1-15-7-8-18(30-2)19-20(15)31-22(24-19)26(14-17-6-4-5-11-23-17)21(27)16-9-12-25(13-10-16)32(3,28)29/h4-8,11,16H,9-10,12-14H2,1-3H3. The van der Waals surface area contributed by atoms with Crippen LogP contribution in [-0.4, -0.2) is 55.1 Å². The minimum Gasteiger partial charge on any atom is -0.494 e. The first-order valence-electron chi connectivity index (χ1n) is 10.4. The Morgan fingerprint density at radius 2 is 2.00 bits per heavy atom. The quantitative estimate of drug-likeness (QED) is 0.545. The van der Waals surface area contributed by atoms with E-state index in [2.05, 4.69) is 4.98 Å². The maximum absolute atomic E-state index is 13.6. The number of nitrogens with zero attached hydrogens (tertiary/aromatic N) is 4. The van der Waals surface area contributed by atoms with Gasteiger partial charge in [0.1, 0.15) is 11.3 Å². The molecule has 8 nitrogen and oxygen atoms in total. The van der Waals surface area contributed by atoms with Gasteiger partial charge in [-0.1, -0.05) is 23.5 Å². The molecule has 1 fully saturated rings. The third-order valence-electron chi connectivity index (χ3n) is 5.73. The van der Waals surface area contributed by atoms with Gasteiger partial charge in [0.05, 0.1) is 30.3 Å². The van der Waals surface area contributed by atoms with Gasteiger partial charge in [-0.15, -0.1) is 0 Å². The first-order valence-corrected chi connectivity index (χ1v) is 13.0. The first-order chi connectivity index (χ1) is 15.3. The molecule has 10 heteroatoms. The van der Waals surface area contributed by atoms with Gasteiger partial charge in [-0.25, -0.2) is 17.7 Å². The monoisotopic (exact) mass is 474 g/mol. The molecule has 0 N–H and O–H groups in total. The molecule has 32 heavy (non-hydrogen) atoms. The van der Waals surface area contributed by atoms with Crippen LogP contribution in [0.1, 0.15) is 24.1 Å². The highest BCUT2D eigenvalue weighted by Gasteiger charge is 2.33. The molecular weight excluding hydrogens is 448 g/mol. The van der Waals surface area contributed by atoms with Crippen molar-refractivity contribution >= 4 is 42.6 Å². The largest absolute Gasteiger partial charge is 0.494 e. The minimum atomic E-state index is -3.25. The number of pyridine rings is 1. The number of methoxy groups -OCH3 is 1. The van der Waals surface area contributed by atoms with Crippen molar-refractivity contribution in [2.45, 2.75) is 26.3 Å². The van der Waals surface area contributed by atoms with Crippen molar-refractivity contribution in [3.63, 3.8) is 0 Å². The van der Waals surface area contributed by atoms with Gasteiger partial charge in [-0.05, 0) is 43.5 Å². The number of hydrogen-bond donors (Lipinski definition) is 0. The Balaban J connectivity index is 1.68. The van der Waals surface area contributed by atoms with Crippen LogP contribution >= 0.6 is 11.3 Å². The second kappa shape index (κ2) is 9.13. The molecule has 0 unspecified atom stereocenters. The number of benzene rings is 1. The van der Waals surface area contributed by atoms with E-state index in [-0.39, 0.29) is 11.8 Å². The second-order valence-corrected chi connectivity index (χ2v) is 10.9. The van der Waals surface area contributed by atoms with E-state index in [1.165, 1.54) is 21.9 Å². The molecular formula is C22H26N4O4S2. The first kappa shape index (κ1) is 22.6. The van der Waals surface area contributed by atoms with Gasteiger partial charge in [0, 0.05) is 25.2 Å². The smallest absolute Gasteiger partial charge is 0.232 e. The third-order valence-corrected chi connectivity index (χ3v) is 8.24. The molecule has 0 spiro atoms. The van der Waals surface area contributed by atoms with Gasteiger partial charge < -0.3 is 4.74 Å². The number of ether oxygens (including phenoxy) is 1. The van der Waals surface area contributed by atoms with Crippen LogP contribution in [-0.2, 0) is 21.4 Å². The Kier molecular flexibility index (Phi) is 6.45. The molecule has 1 aliphatic heterocycles. The molecule has 3 aromatic rings. The summed E-state index contributed by atoms with van der Waals surface area (Å²) in [5.74, 6) is 0.339. The summed E-state index contributed by atoms with van der Waals surface area (Å²) in [5.41, 5.74) is 2.56. The average molecular weight is 475 g/mol. The van der Waals surface area contributed by atoms with Gasteiger partial charge in [0.2, 0.25) is 15.9 Å². The van der Waals surface area contributed by atoms with Gasteiger partial charge in [-0.2, -0.15) is 0 Å². The third kappa shape index (κ3) is 4.62. The molecule has 1 saturated heterocycles. The Hall–Kier alpha value is -2.56. The predicted molar refractivity (Wildman–Crippen MR) is 125 cm³/mol. The van der Waals surface area contributed by atoms with Crippen LogP contribution in [0.4, 0.5) is 5.13 Å². The van der Waals surface area contributed by atoms with Crippen LogP contribution < -0.4 is 9.64 Å². The normalized spacial score (nSPS) is 15.7. The molecule has 170 valence electrons. The molecule has 1 amide bonds. The second-order valence-electron chi connectivity index (χ2n) is 7.94. The fraction of sp³-hybridized carbons (Fsp3) is 0.409. The molecule has 0 bridgehead atoms. The lowest BCUT2D eigenvalue weighted by Gasteiger charge is -2.32. The minimum absolute atomic E-state index is 0.0560. The summed E-state index contributed by atoms with van der Waals surface area (Å²) in [7, 11) is -1.64. The molecule has 3 heterocycles. The van der Waals surface area contributed by atoms with Crippen LogP contribution in [0.15, 0.2) is 36.5 Å². The highest BCUT2D eigenvalue weighted by Crippen LogP contribution is 2.37. The van der Waals surface area contributed by atoms with Gasteiger partial charge in [0.15, 0.2) is 5.13 Å². The zero-order chi connectivity index (χ0) is 22.9. The number of sulfonamides is 1. The van der Waals surface area contributed by atoms with Crippen molar-refractivity contribution < 1.29 is 17.9 Å². The van der Waals surface area contributed by atoms with Crippen LogP contribution in [0.25, 0.3) is 10.2 Å². The van der Waals surface area contributed by atoms with Crippen molar-refractivity contribution in [1.82, 2.24) is 14.3 Å². The number of carbonyl (C=O) groups excluding carboxylic acids is 1. The van der Waals surface area contributed by atoms with Crippen molar-refractivity contribution in [1.29, 1.82) is 0 Å². The summed E-state index contributed by atoms with van der Waals surface area (Å²) in [4.78, 5) is 24.5. The topological polar surface area (TPSA) is 92.7 Å². The van der Waals surface area contributed by atoms with Crippen molar-refractivity contribution in [2.75, 3.05) is 31.4 Å². The van der Waals surface area contributed by atoms with Crippen LogP contribution in [0.3, 0.4) is 0 Å². The average Bonchev–Trinajstić information content (AvgIpc) is 3.24. The summed E-state index contributed by atoms with van der Waals surface area (Å²) < 4.78 is 31.6. The number of rotatable bonds is 6. The van der Waals surface area contributed by atoms with E-state index in [0.717, 1.165) is 21.5 Å². The van der Waals surface area contributed by atoms with E-state index in [1.54, 1.807) is 18.2 Å². The number of hydrogen-bond acceptors (Lipinski definition) is 7. The maximum atomic E-state index is 13.6. The van der Waals surface area contributed by atoms with E-state index in [0.29, 0.717) is 43.4 Å². The molecule has 2 aromatic heterocycles. The fourth-order valence-electron chi connectivity index (χ4n) is 3.93. The Bertz CT molecular complexity index is 1220. The van der Waals surface area contributed by atoms with Gasteiger partial charge in [-0.3, -0.25) is 14.7 Å². The van der Waals surface area contributed by atoms with Crippen LogP contribution in [0.2, 0.25) is 0 Å². The van der Waals surface area contributed by atoms with E-state index in [4.69, 9.17) is 9.72 Å². The van der Waals surface area contributed by atoms with E-state index >= 15 is 0 Å². The lowest BCUT2D eigenvalue weighted by molar-refractivity contribution is -0.123. The predicted octanol–water partition coefficient (Wildman–Crippen LogP) is 3.21. The zero-order valence-corrected chi connectivity index (χ0v) is 19.9. The van der Waals surface area contributed by atoms with Crippen molar-refractivity contribution in [3.8, 4) is 5.75 Å². The number of fused-ring (bicyclic) bond motifs is 1.